The zero-order valence-corrected chi connectivity index (χ0v) is 19.0. The van der Waals surface area contributed by atoms with E-state index in [1.165, 1.54) is 11.8 Å². The Morgan fingerprint density at radius 1 is 1.12 bits per heavy atom. The highest BCUT2D eigenvalue weighted by Crippen LogP contribution is 2.14. The van der Waals surface area contributed by atoms with Gasteiger partial charge in [0.2, 0.25) is 21.8 Å². The molecular formula is C23H27N5O4S. The molecule has 2 aromatic rings. The van der Waals surface area contributed by atoms with Crippen LogP contribution >= 0.6 is 0 Å². The number of nitrogens with zero attached hydrogens (tertiary/aromatic N) is 1. The lowest BCUT2D eigenvalue weighted by atomic mass is 10.1. The molecule has 33 heavy (non-hydrogen) atoms. The quantitative estimate of drug-likeness (QED) is 0.244. The summed E-state index contributed by atoms with van der Waals surface area (Å²) in [5.74, 6) is -1.13. The van der Waals surface area contributed by atoms with Crippen LogP contribution in [0.5, 0.6) is 0 Å². The summed E-state index contributed by atoms with van der Waals surface area (Å²) in [7, 11) is -3.74. The van der Waals surface area contributed by atoms with Gasteiger partial charge in [-0.05, 0) is 18.1 Å². The molecule has 1 heterocycles. The number of hydrogen-bond acceptors (Lipinski definition) is 5. The van der Waals surface area contributed by atoms with Crippen molar-refractivity contribution in [2.45, 2.75) is 31.3 Å². The summed E-state index contributed by atoms with van der Waals surface area (Å²) in [6.07, 6.45) is 3.33. The van der Waals surface area contributed by atoms with E-state index in [1.54, 1.807) is 66.7 Å². The lowest BCUT2D eigenvalue weighted by Gasteiger charge is -2.27. The Morgan fingerprint density at radius 3 is 2.42 bits per heavy atom. The molecule has 2 aromatic carbocycles. The molecular weight excluding hydrogens is 442 g/mol. The van der Waals surface area contributed by atoms with Crippen LogP contribution in [-0.2, 0) is 31.9 Å². The number of carbonyl (C=O) groups is 2. The molecule has 1 aliphatic rings. The number of amides is 2. The maximum Gasteiger partial charge on any atom is 0.247 e. The average molecular weight is 470 g/mol. The van der Waals surface area contributed by atoms with Crippen LogP contribution in [0, 0.1) is 5.41 Å². The molecule has 9 nitrogen and oxygen atoms in total. The largest absolute Gasteiger partial charge is 0.384 e. The van der Waals surface area contributed by atoms with Gasteiger partial charge < -0.3 is 16.0 Å². The van der Waals surface area contributed by atoms with Crippen molar-refractivity contribution in [3.63, 3.8) is 0 Å². The monoisotopic (exact) mass is 469 g/mol. The topological polar surface area (TPSA) is 145 Å². The normalized spacial score (nSPS) is 16.4. The minimum Gasteiger partial charge on any atom is -0.384 e. The second-order valence-electron chi connectivity index (χ2n) is 7.78. The second kappa shape index (κ2) is 10.4. The first kappa shape index (κ1) is 24.1. The second-order valence-corrected chi connectivity index (χ2v) is 9.53. The highest BCUT2D eigenvalue weighted by molar-refractivity contribution is 7.88. The van der Waals surface area contributed by atoms with E-state index < -0.39 is 28.0 Å². The third-order valence-corrected chi connectivity index (χ3v) is 6.59. The molecule has 0 aromatic heterocycles. The van der Waals surface area contributed by atoms with Gasteiger partial charge in [-0.1, -0.05) is 66.7 Å². The highest BCUT2D eigenvalue weighted by Gasteiger charge is 2.34. The van der Waals surface area contributed by atoms with Crippen molar-refractivity contribution in [1.82, 2.24) is 14.9 Å². The number of carbonyl (C=O) groups excluding carboxylic acids is 2. The molecule has 2 amide bonds. The summed E-state index contributed by atoms with van der Waals surface area (Å²) < 4.78 is 27.4. The van der Waals surface area contributed by atoms with E-state index in [1.807, 2.05) is 0 Å². The van der Waals surface area contributed by atoms with Crippen molar-refractivity contribution < 1.29 is 18.0 Å². The van der Waals surface area contributed by atoms with Crippen molar-refractivity contribution in [2.24, 2.45) is 5.73 Å². The maximum absolute atomic E-state index is 12.9. The number of nitrogens with two attached hydrogens (primary N) is 1. The van der Waals surface area contributed by atoms with E-state index in [0.29, 0.717) is 11.1 Å². The van der Waals surface area contributed by atoms with Crippen LogP contribution in [0.3, 0.4) is 0 Å². The van der Waals surface area contributed by atoms with E-state index in [2.05, 4.69) is 10.0 Å². The van der Waals surface area contributed by atoms with E-state index >= 15 is 0 Å². The molecule has 174 valence electrons. The Bertz CT molecular complexity index is 1150. The molecule has 0 bridgehead atoms. The number of nitrogens with one attached hydrogen (secondary N) is 3. The van der Waals surface area contributed by atoms with Crippen LogP contribution in [0.1, 0.15) is 23.6 Å². The third-order valence-electron chi connectivity index (χ3n) is 5.17. The molecule has 0 aliphatic carbocycles. The van der Waals surface area contributed by atoms with Gasteiger partial charge in [0.05, 0.1) is 11.8 Å². The molecule has 2 atom stereocenters. The fourth-order valence-electron chi connectivity index (χ4n) is 3.48. The summed E-state index contributed by atoms with van der Waals surface area (Å²) in [6, 6.07) is 13.7. The number of amidine groups is 1. The SMILES string of the molecule is C[C@@H](NS(=O)(=O)Cc1ccccc1)C(=O)N1CC=C[C@H]1C(=O)NCc1ccc(C(=N)N)cc1. The summed E-state index contributed by atoms with van der Waals surface area (Å²) >= 11 is 0. The molecule has 0 unspecified atom stereocenters. The lowest BCUT2D eigenvalue weighted by molar-refractivity contribution is -0.138. The molecule has 3 rings (SSSR count). The molecule has 0 fully saturated rings. The highest BCUT2D eigenvalue weighted by atomic mass is 32.2. The molecule has 0 saturated heterocycles. The number of benzene rings is 2. The number of sulfonamides is 1. The standard InChI is InChI=1S/C23H27N5O4S/c1-16(27-33(31,32)15-18-6-3-2-4-7-18)23(30)28-13-5-8-20(28)22(29)26-14-17-9-11-19(12-10-17)21(24)25/h2-12,16,20,27H,13-15H2,1H3,(H3,24,25)(H,26,29)/t16-,20+/m1/s1. The van der Waals surface area contributed by atoms with Gasteiger partial charge in [-0.15, -0.1) is 0 Å². The first-order chi connectivity index (χ1) is 15.7. The van der Waals surface area contributed by atoms with Gasteiger partial charge >= 0.3 is 0 Å². The van der Waals surface area contributed by atoms with Crippen LogP contribution in [0.25, 0.3) is 0 Å². The van der Waals surface area contributed by atoms with Gasteiger partial charge in [0.1, 0.15) is 11.9 Å². The summed E-state index contributed by atoms with van der Waals surface area (Å²) in [4.78, 5) is 27.0. The Morgan fingerprint density at radius 2 is 1.79 bits per heavy atom. The van der Waals surface area contributed by atoms with Gasteiger partial charge in [-0.25, -0.2) is 13.1 Å². The molecule has 1 aliphatic heterocycles. The van der Waals surface area contributed by atoms with E-state index in [0.717, 1.165) is 5.56 Å². The number of hydrogen-bond donors (Lipinski definition) is 4. The van der Waals surface area contributed by atoms with Crippen molar-refractivity contribution in [3.05, 3.63) is 83.4 Å². The summed E-state index contributed by atoms with van der Waals surface area (Å²) in [6.45, 7) is 1.92. The minimum absolute atomic E-state index is 0.0376. The molecule has 10 heteroatoms. The van der Waals surface area contributed by atoms with E-state index in [9.17, 15) is 18.0 Å². The Labute approximate surface area is 193 Å². The fraction of sp³-hybridized carbons (Fsp3) is 0.261. The predicted molar refractivity (Wildman–Crippen MR) is 126 cm³/mol. The fourth-order valence-corrected chi connectivity index (χ4v) is 4.83. The average Bonchev–Trinajstić information content (AvgIpc) is 3.27. The number of rotatable bonds is 9. The zero-order valence-electron chi connectivity index (χ0n) is 18.2. The molecule has 0 saturated carbocycles. The first-order valence-electron chi connectivity index (χ1n) is 10.4. The predicted octanol–water partition coefficient (Wildman–Crippen LogP) is 0.862. The van der Waals surface area contributed by atoms with Crippen LogP contribution in [0.4, 0.5) is 0 Å². The summed E-state index contributed by atoms with van der Waals surface area (Å²) in [5, 5.41) is 10.2. The van der Waals surface area contributed by atoms with E-state index in [4.69, 9.17) is 11.1 Å². The van der Waals surface area contributed by atoms with Gasteiger partial charge in [0.25, 0.3) is 0 Å². The molecule has 0 spiro atoms. The van der Waals surface area contributed by atoms with Crippen molar-refractivity contribution in [2.75, 3.05) is 6.54 Å². The van der Waals surface area contributed by atoms with Crippen molar-refractivity contribution in [1.29, 1.82) is 5.41 Å². The third kappa shape index (κ3) is 6.50. The van der Waals surface area contributed by atoms with Gasteiger partial charge in [0.15, 0.2) is 0 Å². The zero-order chi connectivity index (χ0) is 24.0. The van der Waals surface area contributed by atoms with Crippen molar-refractivity contribution >= 4 is 27.7 Å². The maximum atomic E-state index is 12.9. The van der Waals surface area contributed by atoms with Crippen LogP contribution < -0.4 is 15.8 Å². The Balaban J connectivity index is 1.57. The minimum atomic E-state index is -3.74. The van der Waals surface area contributed by atoms with Gasteiger partial charge in [-0.2, -0.15) is 0 Å². The van der Waals surface area contributed by atoms with Gasteiger partial charge in [0, 0.05) is 18.7 Å². The number of nitrogen functional groups attached to an aromatic ring is 1. The van der Waals surface area contributed by atoms with Crippen LogP contribution in [-0.4, -0.2) is 49.6 Å². The van der Waals surface area contributed by atoms with E-state index in [-0.39, 0.29) is 30.6 Å². The van der Waals surface area contributed by atoms with Gasteiger partial charge in [-0.3, -0.25) is 15.0 Å². The van der Waals surface area contributed by atoms with Crippen LogP contribution in [0.15, 0.2) is 66.7 Å². The Kier molecular flexibility index (Phi) is 7.62. The smallest absolute Gasteiger partial charge is 0.247 e. The molecule has 0 radical (unpaired) electrons. The lowest BCUT2D eigenvalue weighted by Crippen LogP contribution is -2.52. The summed E-state index contributed by atoms with van der Waals surface area (Å²) in [5.41, 5.74) is 7.45. The Hall–Kier alpha value is -3.50. The van der Waals surface area contributed by atoms with Crippen LogP contribution in [0.2, 0.25) is 0 Å². The first-order valence-corrected chi connectivity index (χ1v) is 12.0. The molecule has 5 N–H and O–H groups in total. The van der Waals surface area contributed by atoms with Crippen molar-refractivity contribution in [3.8, 4) is 0 Å².